The summed E-state index contributed by atoms with van der Waals surface area (Å²) in [6.07, 6.45) is 2.02. The van der Waals surface area contributed by atoms with Crippen molar-refractivity contribution in [1.82, 2.24) is 15.2 Å². The van der Waals surface area contributed by atoms with E-state index in [2.05, 4.69) is 10.3 Å². The highest BCUT2D eigenvalue weighted by Gasteiger charge is 2.23. The SMILES string of the molecule is CNC1CCN(C(=O)c2ccc3ccccc3n2)CC1. The molecule has 4 nitrogen and oxygen atoms in total. The number of hydrogen-bond donors (Lipinski definition) is 1. The molecule has 1 N–H and O–H groups in total. The van der Waals surface area contributed by atoms with Crippen LogP contribution in [0, 0.1) is 0 Å². The van der Waals surface area contributed by atoms with Crippen LogP contribution >= 0.6 is 0 Å². The number of carbonyl (C=O) groups is 1. The fourth-order valence-electron chi connectivity index (χ4n) is 2.72. The highest BCUT2D eigenvalue weighted by molar-refractivity contribution is 5.94. The summed E-state index contributed by atoms with van der Waals surface area (Å²) in [7, 11) is 1.98. The Hall–Kier alpha value is -1.94. The summed E-state index contributed by atoms with van der Waals surface area (Å²) in [5.74, 6) is 0.0466. The molecule has 2 heterocycles. The monoisotopic (exact) mass is 269 g/mol. The number of carbonyl (C=O) groups excluding carboxylic acids is 1. The second kappa shape index (κ2) is 5.59. The van der Waals surface area contributed by atoms with Crippen LogP contribution in [0.1, 0.15) is 23.3 Å². The first-order valence-corrected chi connectivity index (χ1v) is 7.10. The quantitative estimate of drug-likeness (QED) is 0.907. The summed E-state index contributed by atoms with van der Waals surface area (Å²) >= 11 is 0. The van der Waals surface area contributed by atoms with Gasteiger partial charge < -0.3 is 10.2 Å². The largest absolute Gasteiger partial charge is 0.337 e. The molecule has 0 spiro atoms. The summed E-state index contributed by atoms with van der Waals surface area (Å²) in [6, 6.07) is 12.2. The lowest BCUT2D eigenvalue weighted by Gasteiger charge is -2.31. The first-order chi connectivity index (χ1) is 9.78. The topological polar surface area (TPSA) is 45.2 Å². The number of para-hydroxylation sites is 1. The molecule has 4 heteroatoms. The van der Waals surface area contributed by atoms with Gasteiger partial charge in [0.1, 0.15) is 5.69 Å². The number of pyridine rings is 1. The summed E-state index contributed by atoms with van der Waals surface area (Å²) in [4.78, 5) is 18.9. The Morgan fingerprint density at radius 2 is 1.95 bits per heavy atom. The van der Waals surface area contributed by atoms with Gasteiger partial charge in [0.2, 0.25) is 0 Å². The molecule has 1 aromatic carbocycles. The third kappa shape index (κ3) is 2.51. The van der Waals surface area contributed by atoms with E-state index in [1.165, 1.54) is 0 Å². The Morgan fingerprint density at radius 1 is 1.20 bits per heavy atom. The van der Waals surface area contributed by atoms with Gasteiger partial charge in [-0.3, -0.25) is 4.79 Å². The van der Waals surface area contributed by atoms with Gasteiger partial charge in [-0.2, -0.15) is 0 Å². The molecule has 0 unspecified atom stereocenters. The van der Waals surface area contributed by atoms with Gasteiger partial charge >= 0.3 is 0 Å². The summed E-state index contributed by atoms with van der Waals surface area (Å²) < 4.78 is 0. The molecule has 0 bridgehead atoms. The van der Waals surface area contributed by atoms with E-state index in [-0.39, 0.29) is 5.91 Å². The second-order valence-corrected chi connectivity index (χ2v) is 5.24. The molecule has 104 valence electrons. The molecule has 1 fully saturated rings. The first kappa shape index (κ1) is 13.1. The molecular weight excluding hydrogens is 250 g/mol. The van der Waals surface area contributed by atoms with Crippen LogP contribution < -0.4 is 5.32 Å². The van der Waals surface area contributed by atoms with E-state index in [1.54, 1.807) is 0 Å². The zero-order chi connectivity index (χ0) is 13.9. The van der Waals surface area contributed by atoms with Crippen LogP contribution in [0.5, 0.6) is 0 Å². The minimum atomic E-state index is 0.0466. The minimum absolute atomic E-state index is 0.0466. The van der Waals surface area contributed by atoms with Crippen LogP contribution in [0.25, 0.3) is 10.9 Å². The first-order valence-electron chi connectivity index (χ1n) is 7.10. The molecule has 1 aliphatic rings. The number of amides is 1. The van der Waals surface area contributed by atoms with Gasteiger partial charge in [0.15, 0.2) is 0 Å². The van der Waals surface area contributed by atoms with Gasteiger partial charge in [0.25, 0.3) is 5.91 Å². The Labute approximate surface area is 118 Å². The Balaban J connectivity index is 1.79. The van der Waals surface area contributed by atoms with E-state index in [0.29, 0.717) is 11.7 Å². The van der Waals surface area contributed by atoms with Crippen LogP contribution in [-0.4, -0.2) is 42.0 Å². The fraction of sp³-hybridized carbons (Fsp3) is 0.375. The van der Waals surface area contributed by atoms with Gasteiger partial charge in [-0.1, -0.05) is 24.3 Å². The number of nitrogens with zero attached hydrogens (tertiary/aromatic N) is 2. The maximum atomic E-state index is 12.5. The molecule has 20 heavy (non-hydrogen) atoms. The summed E-state index contributed by atoms with van der Waals surface area (Å²) in [6.45, 7) is 1.61. The highest BCUT2D eigenvalue weighted by atomic mass is 16.2. The Bertz CT molecular complexity index is 618. The maximum absolute atomic E-state index is 12.5. The predicted molar refractivity (Wildman–Crippen MR) is 79.7 cm³/mol. The Morgan fingerprint density at radius 3 is 2.70 bits per heavy atom. The molecule has 0 radical (unpaired) electrons. The third-order valence-electron chi connectivity index (χ3n) is 4.01. The molecule has 1 amide bonds. The van der Waals surface area contributed by atoms with E-state index < -0.39 is 0 Å². The fourth-order valence-corrected chi connectivity index (χ4v) is 2.72. The molecule has 2 aromatic rings. The molecule has 0 atom stereocenters. The number of nitrogens with one attached hydrogen (secondary N) is 1. The van der Waals surface area contributed by atoms with Crippen molar-refractivity contribution in [2.45, 2.75) is 18.9 Å². The zero-order valence-corrected chi connectivity index (χ0v) is 11.7. The third-order valence-corrected chi connectivity index (χ3v) is 4.01. The van der Waals surface area contributed by atoms with Crippen molar-refractivity contribution in [3.63, 3.8) is 0 Å². The van der Waals surface area contributed by atoms with E-state index in [1.807, 2.05) is 48.3 Å². The van der Waals surface area contributed by atoms with Crippen LogP contribution in [0.3, 0.4) is 0 Å². The number of hydrogen-bond acceptors (Lipinski definition) is 3. The highest BCUT2D eigenvalue weighted by Crippen LogP contribution is 2.16. The summed E-state index contributed by atoms with van der Waals surface area (Å²) in [5.41, 5.74) is 1.43. The maximum Gasteiger partial charge on any atom is 0.272 e. The van der Waals surface area contributed by atoms with E-state index in [9.17, 15) is 4.79 Å². The van der Waals surface area contributed by atoms with Crippen molar-refractivity contribution in [3.05, 3.63) is 42.1 Å². The number of likely N-dealkylation sites (tertiary alicyclic amines) is 1. The lowest BCUT2D eigenvalue weighted by Crippen LogP contribution is -2.44. The van der Waals surface area contributed by atoms with Crippen molar-refractivity contribution in [3.8, 4) is 0 Å². The molecule has 1 saturated heterocycles. The van der Waals surface area contributed by atoms with Gasteiger partial charge in [0.05, 0.1) is 5.52 Å². The molecule has 3 rings (SSSR count). The minimum Gasteiger partial charge on any atom is -0.337 e. The number of piperidine rings is 1. The average molecular weight is 269 g/mol. The van der Waals surface area contributed by atoms with Gasteiger partial charge in [-0.25, -0.2) is 4.98 Å². The van der Waals surface area contributed by atoms with Crippen LogP contribution in [0.15, 0.2) is 36.4 Å². The predicted octanol–water partition coefficient (Wildman–Crippen LogP) is 2.06. The van der Waals surface area contributed by atoms with E-state index in [0.717, 1.165) is 36.8 Å². The van der Waals surface area contributed by atoms with E-state index in [4.69, 9.17) is 0 Å². The number of aromatic nitrogens is 1. The van der Waals surface area contributed by atoms with Crippen LogP contribution in [0.2, 0.25) is 0 Å². The Kier molecular flexibility index (Phi) is 3.65. The van der Waals surface area contributed by atoms with E-state index >= 15 is 0 Å². The number of fused-ring (bicyclic) bond motifs is 1. The lowest BCUT2D eigenvalue weighted by molar-refractivity contribution is 0.0702. The normalized spacial score (nSPS) is 16.6. The smallest absolute Gasteiger partial charge is 0.272 e. The van der Waals surface area contributed by atoms with Crippen molar-refractivity contribution in [2.75, 3.05) is 20.1 Å². The average Bonchev–Trinajstić information content (AvgIpc) is 2.54. The van der Waals surface area contributed by atoms with Crippen molar-refractivity contribution >= 4 is 16.8 Å². The van der Waals surface area contributed by atoms with Crippen LogP contribution in [0.4, 0.5) is 0 Å². The van der Waals surface area contributed by atoms with Crippen LogP contribution in [-0.2, 0) is 0 Å². The molecular formula is C16H19N3O. The lowest BCUT2D eigenvalue weighted by atomic mass is 10.0. The standard InChI is InChI=1S/C16H19N3O/c1-17-13-8-10-19(11-9-13)16(20)15-7-6-12-4-2-3-5-14(12)18-15/h2-7,13,17H,8-11H2,1H3. The molecule has 0 aliphatic carbocycles. The molecule has 1 aliphatic heterocycles. The van der Waals surface area contributed by atoms with Crippen molar-refractivity contribution < 1.29 is 4.79 Å². The van der Waals surface area contributed by atoms with Gasteiger partial charge in [-0.15, -0.1) is 0 Å². The summed E-state index contributed by atoms with van der Waals surface area (Å²) in [5, 5.41) is 4.34. The second-order valence-electron chi connectivity index (χ2n) is 5.24. The molecule has 0 saturated carbocycles. The van der Waals surface area contributed by atoms with Gasteiger partial charge in [0, 0.05) is 24.5 Å². The van der Waals surface area contributed by atoms with Gasteiger partial charge in [-0.05, 0) is 32.0 Å². The number of rotatable bonds is 2. The van der Waals surface area contributed by atoms with Crippen molar-refractivity contribution in [1.29, 1.82) is 0 Å². The number of benzene rings is 1. The zero-order valence-electron chi connectivity index (χ0n) is 11.7. The molecule has 1 aromatic heterocycles. The van der Waals surface area contributed by atoms with Crippen molar-refractivity contribution in [2.24, 2.45) is 0 Å².